The lowest BCUT2D eigenvalue weighted by atomic mass is 10.2. The number of anilines is 1. The van der Waals surface area contributed by atoms with Crippen LogP contribution in [0.3, 0.4) is 0 Å². The van der Waals surface area contributed by atoms with E-state index < -0.39 is 0 Å². The largest absolute Gasteiger partial charge is 0.379 e. The van der Waals surface area contributed by atoms with Crippen molar-refractivity contribution < 1.29 is 9.53 Å². The molecule has 1 aromatic rings. The van der Waals surface area contributed by atoms with Gasteiger partial charge in [0.2, 0.25) is 5.91 Å². The Hall–Kier alpha value is -1.59. The third-order valence-corrected chi connectivity index (χ3v) is 3.36. The van der Waals surface area contributed by atoms with Crippen LogP contribution in [0.15, 0.2) is 24.3 Å². The minimum atomic E-state index is 0.0267. The number of ether oxygens (including phenoxy) is 1. The quantitative estimate of drug-likeness (QED) is 0.809. The highest BCUT2D eigenvalue weighted by molar-refractivity contribution is 5.80. The summed E-state index contributed by atoms with van der Waals surface area (Å²) in [7, 11) is 0. The summed E-state index contributed by atoms with van der Waals surface area (Å²) in [5, 5.41) is 6.04. The van der Waals surface area contributed by atoms with E-state index in [9.17, 15) is 4.79 Å². The number of nitrogens with zero attached hydrogens (tertiary/aromatic N) is 1. The van der Waals surface area contributed by atoms with Crippen LogP contribution in [-0.2, 0) is 9.53 Å². The van der Waals surface area contributed by atoms with Gasteiger partial charge in [0.05, 0.1) is 19.8 Å². The maximum absolute atomic E-state index is 11.7. The Morgan fingerprint density at radius 2 is 1.95 bits per heavy atom. The van der Waals surface area contributed by atoms with Gasteiger partial charge in [-0.25, -0.2) is 0 Å². The fourth-order valence-corrected chi connectivity index (χ4v) is 2.09. The number of hydrogen-bond donors (Lipinski definition) is 2. The molecule has 0 atom stereocenters. The molecule has 1 heterocycles. The molecule has 0 radical (unpaired) electrons. The normalized spacial score (nSPS) is 15.8. The molecule has 1 aromatic carbocycles. The zero-order valence-corrected chi connectivity index (χ0v) is 12.0. The van der Waals surface area contributed by atoms with Crippen LogP contribution in [0.25, 0.3) is 0 Å². The molecule has 1 fully saturated rings. The number of rotatable bonds is 6. The van der Waals surface area contributed by atoms with E-state index in [1.165, 1.54) is 5.56 Å². The highest BCUT2D eigenvalue weighted by Crippen LogP contribution is 2.07. The molecule has 1 aliphatic heterocycles. The first-order chi connectivity index (χ1) is 9.74. The van der Waals surface area contributed by atoms with Gasteiger partial charge >= 0.3 is 0 Å². The van der Waals surface area contributed by atoms with Crippen LogP contribution in [-0.4, -0.2) is 56.7 Å². The third-order valence-electron chi connectivity index (χ3n) is 3.36. The second-order valence-corrected chi connectivity index (χ2v) is 5.02. The maximum Gasteiger partial charge on any atom is 0.239 e. The fraction of sp³-hybridized carbons (Fsp3) is 0.533. The van der Waals surface area contributed by atoms with E-state index in [1.54, 1.807) is 0 Å². The van der Waals surface area contributed by atoms with Crippen LogP contribution in [0.5, 0.6) is 0 Å². The van der Waals surface area contributed by atoms with Crippen LogP contribution >= 0.6 is 0 Å². The van der Waals surface area contributed by atoms with E-state index in [1.807, 2.05) is 31.2 Å². The predicted molar refractivity (Wildman–Crippen MR) is 79.9 cm³/mol. The lowest BCUT2D eigenvalue weighted by Crippen LogP contribution is -2.42. The topological polar surface area (TPSA) is 53.6 Å². The molecule has 5 nitrogen and oxygen atoms in total. The fourth-order valence-electron chi connectivity index (χ4n) is 2.09. The minimum Gasteiger partial charge on any atom is -0.379 e. The maximum atomic E-state index is 11.7. The Morgan fingerprint density at radius 3 is 2.65 bits per heavy atom. The number of carbonyl (C=O) groups is 1. The van der Waals surface area contributed by atoms with Gasteiger partial charge in [0, 0.05) is 31.9 Å². The van der Waals surface area contributed by atoms with Crippen molar-refractivity contribution in [3.05, 3.63) is 29.8 Å². The molecule has 5 heteroatoms. The van der Waals surface area contributed by atoms with Gasteiger partial charge in [-0.1, -0.05) is 17.7 Å². The van der Waals surface area contributed by atoms with Crippen molar-refractivity contribution in [1.82, 2.24) is 10.2 Å². The average molecular weight is 277 g/mol. The molecule has 20 heavy (non-hydrogen) atoms. The summed E-state index contributed by atoms with van der Waals surface area (Å²) in [4.78, 5) is 14.0. The van der Waals surface area contributed by atoms with E-state index in [2.05, 4.69) is 15.5 Å². The minimum absolute atomic E-state index is 0.0267. The first-order valence-corrected chi connectivity index (χ1v) is 7.11. The number of hydrogen-bond acceptors (Lipinski definition) is 4. The lowest BCUT2D eigenvalue weighted by molar-refractivity contribution is -0.119. The highest BCUT2D eigenvalue weighted by atomic mass is 16.5. The van der Waals surface area contributed by atoms with Crippen LogP contribution in [0.1, 0.15) is 5.56 Å². The molecule has 0 bridgehead atoms. The third kappa shape index (κ3) is 5.19. The van der Waals surface area contributed by atoms with E-state index >= 15 is 0 Å². The molecular weight excluding hydrogens is 254 g/mol. The highest BCUT2D eigenvalue weighted by Gasteiger charge is 2.09. The van der Waals surface area contributed by atoms with Crippen molar-refractivity contribution in [3.8, 4) is 0 Å². The number of amides is 1. The van der Waals surface area contributed by atoms with Crippen molar-refractivity contribution in [1.29, 1.82) is 0 Å². The van der Waals surface area contributed by atoms with Crippen molar-refractivity contribution >= 4 is 11.6 Å². The summed E-state index contributed by atoms with van der Waals surface area (Å²) in [5.74, 6) is 0.0267. The van der Waals surface area contributed by atoms with Crippen LogP contribution in [0, 0.1) is 6.92 Å². The molecule has 2 rings (SSSR count). The van der Waals surface area contributed by atoms with E-state index in [0.29, 0.717) is 13.1 Å². The van der Waals surface area contributed by atoms with Crippen molar-refractivity contribution in [3.63, 3.8) is 0 Å². The number of nitrogens with one attached hydrogen (secondary N) is 2. The van der Waals surface area contributed by atoms with Gasteiger partial charge in [-0.3, -0.25) is 9.69 Å². The Balaban J connectivity index is 1.59. The predicted octanol–water partition coefficient (Wildman–Crippen LogP) is 0.855. The first kappa shape index (κ1) is 14.8. The molecule has 1 saturated heterocycles. The molecular formula is C15H23N3O2. The summed E-state index contributed by atoms with van der Waals surface area (Å²) < 4.78 is 5.28. The monoisotopic (exact) mass is 277 g/mol. The van der Waals surface area contributed by atoms with Crippen LogP contribution in [0.2, 0.25) is 0 Å². The Kier molecular flexibility index (Phi) is 5.83. The zero-order valence-electron chi connectivity index (χ0n) is 12.0. The van der Waals surface area contributed by atoms with Gasteiger partial charge in [-0.2, -0.15) is 0 Å². The van der Waals surface area contributed by atoms with Gasteiger partial charge in [-0.05, 0) is 19.1 Å². The van der Waals surface area contributed by atoms with Crippen molar-refractivity contribution in [2.45, 2.75) is 6.92 Å². The lowest BCUT2D eigenvalue weighted by Gasteiger charge is -2.26. The second-order valence-electron chi connectivity index (χ2n) is 5.02. The summed E-state index contributed by atoms with van der Waals surface area (Å²) in [6, 6.07) is 8.02. The number of morpholine rings is 1. The number of aryl methyl sites for hydroxylation is 1. The number of benzene rings is 1. The number of carbonyl (C=O) groups excluding carboxylic acids is 1. The smallest absolute Gasteiger partial charge is 0.239 e. The molecule has 110 valence electrons. The standard InChI is InChI=1S/C15H23N3O2/c1-13-2-4-14(5-3-13)17-12-15(19)16-6-7-18-8-10-20-11-9-18/h2-5,17H,6-12H2,1H3,(H,16,19). The van der Waals surface area contributed by atoms with Crippen LogP contribution < -0.4 is 10.6 Å². The SMILES string of the molecule is Cc1ccc(NCC(=O)NCCN2CCOCC2)cc1. The molecule has 1 amide bonds. The second kappa shape index (κ2) is 7.87. The Bertz CT molecular complexity index is 414. The molecule has 0 spiro atoms. The summed E-state index contributed by atoms with van der Waals surface area (Å²) in [6.07, 6.45) is 0. The zero-order chi connectivity index (χ0) is 14.2. The molecule has 0 aliphatic carbocycles. The molecule has 0 aromatic heterocycles. The van der Waals surface area contributed by atoms with Gasteiger partial charge in [-0.15, -0.1) is 0 Å². The Labute approximate surface area is 120 Å². The molecule has 0 unspecified atom stereocenters. The summed E-state index contributed by atoms with van der Waals surface area (Å²) in [5.41, 5.74) is 2.18. The van der Waals surface area contributed by atoms with Gasteiger partial charge in [0.1, 0.15) is 0 Å². The average Bonchev–Trinajstić information content (AvgIpc) is 2.48. The Morgan fingerprint density at radius 1 is 1.25 bits per heavy atom. The summed E-state index contributed by atoms with van der Waals surface area (Å²) in [6.45, 7) is 7.43. The van der Waals surface area contributed by atoms with Crippen molar-refractivity contribution in [2.75, 3.05) is 51.3 Å². The van der Waals surface area contributed by atoms with Gasteiger partial charge in [0.25, 0.3) is 0 Å². The molecule has 2 N–H and O–H groups in total. The summed E-state index contributed by atoms with van der Waals surface area (Å²) >= 11 is 0. The van der Waals surface area contributed by atoms with Crippen molar-refractivity contribution in [2.24, 2.45) is 0 Å². The van der Waals surface area contributed by atoms with Crippen LogP contribution in [0.4, 0.5) is 5.69 Å². The van der Waals surface area contributed by atoms with E-state index in [4.69, 9.17) is 4.74 Å². The van der Waals surface area contributed by atoms with E-state index in [0.717, 1.165) is 38.5 Å². The van der Waals surface area contributed by atoms with Gasteiger partial charge < -0.3 is 15.4 Å². The molecule has 1 aliphatic rings. The van der Waals surface area contributed by atoms with Gasteiger partial charge in [0.15, 0.2) is 0 Å². The first-order valence-electron chi connectivity index (χ1n) is 7.11. The van der Waals surface area contributed by atoms with E-state index in [-0.39, 0.29) is 5.91 Å². The molecule has 0 saturated carbocycles.